The van der Waals surface area contributed by atoms with Crippen LogP contribution in [0.2, 0.25) is 0 Å². The Bertz CT molecular complexity index is 563. The number of aromatic nitrogens is 2. The lowest BCUT2D eigenvalue weighted by Gasteiger charge is -2.06. The zero-order valence-corrected chi connectivity index (χ0v) is 10.1. The maximum atomic E-state index is 11.7. The summed E-state index contributed by atoms with van der Waals surface area (Å²) in [6.45, 7) is 2.06. The van der Waals surface area contributed by atoms with E-state index in [0.717, 1.165) is 12.1 Å². The van der Waals surface area contributed by atoms with Crippen LogP contribution in [0.1, 0.15) is 13.3 Å². The number of carbonyl (C=O) groups excluding carboxylic acids is 1. The lowest BCUT2D eigenvalue weighted by molar-refractivity contribution is -0.136. The van der Waals surface area contributed by atoms with Crippen LogP contribution in [-0.4, -0.2) is 15.5 Å². The van der Waals surface area contributed by atoms with Crippen molar-refractivity contribution in [2.24, 2.45) is 11.8 Å². The number of hydrogen-bond donors (Lipinski definition) is 0. The molecule has 0 aliphatic heterocycles. The summed E-state index contributed by atoms with van der Waals surface area (Å²) in [5, 5.41) is 0. The molecule has 2 atom stereocenters. The van der Waals surface area contributed by atoms with Gasteiger partial charge in [0.1, 0.15) is 5.75 Å². The van der Waals surface area contributed by atoms with E-state index in [1.54, 1.807) is 18.6 Å². The Morgan fingerprint density at radius 2 is 2.33 bits per heavy atom. The average Bonchev–Trinajstić information content (AvgIpc) is 2.90. The first-order valence-corrected chi connectivity index (χ1v) is 6.04. The van der Waals surface area contributed by atoms with E-state index in [1.807, 2.05) is 29.0 Å². The highest BCUT2D eigenvalue weighted by Gasteiger charge is 2.40. The van der Waals surface area contributed by atoms with Crippen LogP contribution < -0.4 is 4.74 Å². The van der Waals surface area contributed by atoms with Crippen molar-refractivity contribution < 1.29 is 9.53 Å². The van der Waals surface area contributed by atoms with Crippen molar-refractivity contribution in [1.29, 1.82) is 0 Å². The molecule has 1 aromatic heterocycles. The number of carbonyl (C=O) groups is 1. The van der Waals surface area contributed by atoms with Crippen molar-refractivity contribution >= 4 is 5.97 Å². The van der Waals surface area contributed by atoms with Gasteiger partial charge in [-0.05, 0) is 24.5 Å². The van der Waals surface area contributed by atoms with Crippen LogP contribution in [0, 0.1) is 11.8 Å². The van der Waals surface area contributed by atoms with Crippen LogP contribution in [0.15, 0.2) is 43.0 Å². The molecule has 0 radical (unpaired) electrons. The molecule has 2 aromatic rings. The molecule has 0 spiro atoms. The molecule has 0 amide bonds. The second-order valence-corrected chi connectivity index (χ2v) is 4.71. The molecule has 1 heterocycles. The molecule has 92 valence electrons. The maximum absolute atomic E-state index is 11.7. The summed E-state index contributed by atoms with van der Waals surface area (Å²) in [7, 11) is 0. The molecule has 4 heteroatoms. The Hall–Kier alpha value is -2.10. The number of hydrogen-bond acceptors (Lipinski definition) is 3. The Balaban J connectivity index is 1.77. The van der Waals surface area contributed by atoms with E-state index in [2.05, 4.69) is 11.9 Å². The van der Waals surface area contributed by atoms with Crippen molar-refractivity contribution in [3.05, 3.63) is 43.0 Å². The molecule has 1 aliphatic rings. The Labute approximate surface area is 105 Å². The first-order valence-electron chi connectivity index (χ1n) is 6.04. The predicted molar refractivity (Wildman–Crippen MR) is 66.5 cm³/mol. The first kappa shape index (κ1) is 11.0. The third-order valence-corrected chi connectivity index (χ3v) is 3.25. The predicted octanol–water partition coefficient (Wildman–Crippen LogP) is 2.43. The molecule has 0 unspecified atom stereocenters. The van der Waals surface area contributed by atoms with Crippen molar-refractivity contribution in [3.8, 4) is 11.4 Å². The third kappa shape index (κ3) is 2.14. The van der Waals surface area contributed by atoms with Gasteiger partial charge in [-0.15, -0.1) is 0 Å². The number of rotatable bonds is 3. The van der Waals surface area contributed by atoms with E-state index in [-0.39, 0.29) is 11.9 Å². The van der Waals surface area contributed by atoms with Gasteiger partial charge in [-0.25, -0.2) is 4.98 Å². The average molecular weight is 242 g/mol. The fourth-order valence-electron chi connectivity index (χ4n) is 1.96. The number of imidazole rings is 1. The van der Waals surface area contributed by atoms with E-state index in [4.69, 9.17) is 4.74 Å². The summed E-state index contributed by atoms with van der Waals surface area (Å²) in [6, 6.07) is 7.45. The van der Waals surface area contributed by atoms with E-state index in [9.17, 15) is 4.79 Å². The normalized spacial score (nSPS) is 21.6. The second kappa shape index (κ2) is 4.29. The highest BCUT2D eigenvalue weighted by atomic mass is 16.5. The summed E-state index contributed by atoms with van der Waals surface area (Å²) in [6.07, 6.45) is 6.22. The van der Waals surface area contributed by atoms with E-state index < -0.39 is 0 Å². The monoisotopic (exact) mass is 242 g/mol. The highest BCUT2D eigenvalue weighted by molar-refractivity contribution is 5.78. The topological polar surface area (TPSA) is 44.1 Å². The number of benzene rings is 1. The Morgan fingerprint density at radius 3 is 3.00 bits per heavy atom. The van der Waals surface area contributed by atoms with Crippen molar-refractivity contribution in [1.82, 2.24) is 9.55 Å². The Kier molecular flexibility index (Phi) is 2.63. The lowest BCUT2D eigenvalue weighted by Crippen LogP contribution is -2.11. The smallest absolute Gasteiger partial charge is 0.314 e. The fraction of sp³-hybridized carbons (Fsp3) is 0.286. The molecule has 1 fully saturated rings. The van der Waals surface area contributed by atoms with Crippen LogP contribution in [0.3, 0.4) is 0 Å². The minimum Gasteiger partial charge on any atom is -0.426 e. The number of esters is 1. The van der Waals surface area contributed by atoms with Crippen molar-refractivity contribution in [2.75, 3.05) is 0 Å². The quantitative estimate of drug-likeness (QED) is 0.613. The minimum atomic E-state index is -0.120. The summed E-state index contributed by atoms with van der Waals surface area (Å²) in [5.41, 5.74) is 0.932. The van der Waals surface area contributed by atoms with Crippen molar-refractivity contribution in [3.63, 3.8) is 0 Å². The maximum Gasteiger partial charge on any atom is 0.314 e. The van der Waals surface area contributed by atoms with Gasteiger partial charge in [0, 0.05) is 18.5 Å². The number of ether oxygens (including phenoxy) is 1. The summed E-state index contributed by atoms with van der Waals surface area (Å²) in [4.78, 5) is 15.7. The summed E-state index contributed by atoms with van der Waals surface area (Å²) < 4.78 is 7.25. The molecule has 0 N–H and O–H groups in total. The number of nitrogens with zero attached hydrogens (tertiary/aromatic N) is 2. The summed E-state index contributed by atoms with van der Waals surface area (Å²) in [5.74, 6) is 1.02. The van der Waals surface area contributed by atoms with Gasteiger partial charge < -0.3 is 9.30 Å². The molecule has 1 aliphatic carbocycles. The van der Waals surface area contributed by atoms with E-state index in [0.29, 0.717) is 11.7 Å². The van der Waals surface area contributed by atoms with Gasteiger partial charge in [0.25, 0.3) is 0 Å². The van der Waals surface area contributed by atoms with Crippen LogP contribution >= 0.6 is 0 Å². The van der Waals surface area contributed by atoms with Gasteiger partial charge in [0.05, 0.1) is 17.9 Å². The molecule has 1 aromatic carbocycles. The van der Waals surface area contributed by atoms with Gasteiger partial charge in [-0.1, -0.05) is 13.0 Å². The zero-order valence-electron chi connectivity index (χ0n) is 10.1. The van der Waals surface area contributed by atoms with Gasteiger partial charge in [0.15, 0.2) is 0 Å². The van der Waals surface area contributed by atoms with Crippen LogP contribution in [0.5, 0.6) is 5.75 Å². The highest BCUT2D eigenvalue weighted by Crippen LogP contribution is 2.38. The van der Waals surface area contributed by atoms with Gasteiger partial charge in [-0.2, -0.15) is 0 Å². The van der Waals surface area contributed by atoms with E-state index >= 15 is 0 Å². The summed E-state index contributed by atoms with van der Waals surface area (Å²) >= 11 is 0. The van der Waals surface area contributed by atoms with E-state index in [1.165, 1.54) is 0 Å². The van der Waals surface area contributed by atoms with Gasteiger partial charge in [0.2, 0.25) is 0 Å². The van der Waals surface area contributed by atoms with Gasteiger partial charge in [-0.3, -0.25) is 4.79 Å². The zero-order chi connectivity index (χ0) is 12.5. The molecule has 0 bridgehead atoms. The SMILES string of the molecule is C[C@@H]1C[C@H]1C(=O)Oc1cccc(-n2ccnc2)c1. The molecule has 4 nitrogen and oxygen atoms in total. The van der Waals surface area contributed by atoms with Gasteiger partial charge >= 0.3 is 5.97 Å². The lowest BCUT2D eigenvalue weighted by atomic mass is 10.3. The van der Waals surface area contributed by atoms with Crippen LogP contribution in [0.4, 0.5) is 0 Å². The first-order chi connectivity index (χ1) is 8.74. The minimum absolute atomic E-state index is 0.0851. The van der Waals surface area contributed by atoms with Crippen molar-refractivity contribution in [2.45, 2.75) is 13.3 Å². The standard InChI is InChI=1S/C14H14N2O2/c1-10-7-13(10)14(17)18-12-4-2-3-11(8-12)16-6-5-15-9-16/h2-6,8-10,13H,7H2,1H3/t10-,13-/m1/s1. The molecular weight excluding hydrogens is 228 g/mol. The fourth-order valence-corrected chi connectivity index (χ4v) is 1.96. The Morgan fingerprint density at radius 1 is 1.50 bits per heavy atom. The van der Waals surface area contributed by atoms with Crippen LogP contribution in [-0.2, 0) is 4.79 Å². The largest absolute Gasteiger partial charge is 0.426 e. The molecule has 0 saturated heterocycles. The molecular formula is C14H14N2O2. The third-order valence-electron chi connectivity index (χ3n) is 3.25. The molecule has 3 rings (SSSR count). The second-order valence-electron chi connectivity index (χ2n) is 4.71. The molecule has 1 saturated carbocycles. The van der Waals surface area contributed by atoms with Crippen LogP contribution in [0.25, 0.3) is 5.69 Å². The molecule has 18 heavy (non-hydrogen) atoms.